The van der Waals surface area contributed by atoms with Crippen molar-refractivity contribution in [1.82, 2.24) is 0 Å². The maximum Gasteiger partial charge on any atom is 0.126 e. The molecule has 0 radical (unpaired) electrons. The fourth-order valence-electron chi connectivity index (χ4n) is 1.26. The maximum absolute atomic E-state index is 12.9. The van der Waals surface area contributed by atoms with Gasteiger partial charge < -0.3 is 5.73 Å². The molecule has 72 valence electrons. The molecule has 0 spiro atoms. The van der Waals surface area contributed by atoms with Gasteiger partial charge in [-0.3, -0.25) is 0 Å². The predicted molar refractivity (Wildman–Crippen MR) is 52.9 cm³/mol. The number of hydrogen-bond acceptors (Lipinski definition) is 1. The van der Waals surface area contributed by atoms with E-state index in [-0.39, 0.29) is 11.9 Å². The van der Waals surface area contributed by atoms with Gasteiger partial charge in [0.25, 0.3) is 0 Å². The molecule has 1 atom stereocenters. The van der Waals surface area contributed by atoms with Gasteiger partial charge in [0.15, 0.2) is 0 Å². The molecule has 2 heteroatoms. The fraction of sp³-hybridized carbons (Fsp3) is 0.455. The smallest absolute Gasteiger partial charge is 0.126 e. The van der Waals surface area contributed by atoms with Gasteiger partial charge in [-0.2, -0.15) is 0 Å². The lowest BCUT2D eigenvalue weighted by atomic mass is 9.96. The van der Waals surface area contributed by atoms with E-state index in [1.807, 2.05) is 6.07 Å². The second-order valence-electron chi connectivity index (χ2n) is 3.78. The van der Waals surface area contributed by atoms with Crippen LogP contribution in [0.25, 0.3) is 0 Å². The molecule has 0 heterocycles. The highest BCUT2D eigenvalue weighted by molar-refractivity contribution is 5.26. The Hall–Kier alpha value is -0.890. The molecule has 0 aliphatic carbocycles. The molecular formula is C11H16FN. The third kappa shape index (κ3) is 2.28. The van der Waals surface area contributed by atoms with E-state index in [1.54, 1.807) is 13.0 Å². The van der Waals surface area contributed by atoms with Gasteiger partial charge in [0.2, 0.25) is 0 Å². The molecule has 1 aromatic rings. The summed E-state index contributed by atoms with van der Waals surface area (Å²) >= 11 is 0. The molecule has 0 aliphatic heterocycles. The zero-order valence-electron chi connectivity index (χ0n) is 8.34. The van der Waals surface area contributed by atoms with E-state index in [2.05, 4.69) is 13.8 Å². The van der Waals surface area contributed by atoms with E-state index in [0.29, 0.717) is 11.5 Å². The van der Waals surface area contributed by atoms with Crippen molar-refractivity contribution >= 4 is 0 Å². The summed E-state index contributed by atoms with van der Waals surface area (Å²) in [4.78, 5) is 0. The second kappa shape index (κ2) is 3.88. The van der Waals surface area contributed by atoms with Crippen LogP contribution in [0.5, 0.6) is 0 Å². The van der Waals surface area contributed by atoms with Crippen molar-refractivity contribution in [2.24, 2.45) is 11.7 Å². The van der Waals surface area contributed by atoms with Crippen LogP contribution in [-0.4, -0.2) is 0 Å². The molecular weight excluding hydrogens is 165 g/mol. The number of hydrogen-bond donors (Lipinski definition) is 1. The topological polar surface area (TPSA) is 26.0 Å². The van der Waals surface area contributed by atoms with Crippen LogP contribution in [0.4, 0.5) is 4.39 Å². The summed E-state index contributed by atoms with van der Waals surface area (Å²) in [5.74, 6) is 0.213. The molecule has 0 fully saturated rings. The van der Waals surface area contributed by atoms with Gasteiger partial charge in [-0.15, -0.1) is 0 Å². The Morgan fingerprint density at radius 1 is 1.31 bits per heavy atom. The van der Waals surface area contributed by atoms with Gasteiger partial charge in [-0.1, -0.05) is 26.0 Å². The summed E-state index contributed by atoms with van der Waals surface area (Å²) < 4.78 is 12.9. The molecule has 0 unspecified atom stereocenters. The average molecular weight is 181 g/mol. The lowest BCUT2D eigenvalue weighted by Gasteiger charge is -2.16. The summed E-state index contributed by atoms with van der Waals surface area (Å²) in [5, 5.41) is 0. The van der Waals surface area contributed by atoms with Gasteiger partial charge >= 0.3 is 0 Å². The number of benzene rings is 1. The van der Waals surface area contributed by atoms with Crippen LogP contribution in [0.15, 0.2) is 18.2 Å². The van der Waals surface area contributed by atoms with Gasteiger partial charge in [0.1, 0.15) is 5.82 Å². The van der Waals surface area contributed by atoms with E-state index in [4.69, 9.17) is 5.73 Å². The minimum absolute atomic E-state index is 0.000648. The van der Waals surface area contributed by atoms with Crippen molar-refractivity contribution in [1.29, 1.82) is 0 Å². The van der Waals surface area contributed by atoms with Crippen LogP contribution in [-0.2, 0) is 0 Å². The Morgan fingerprint density at radius 2 is 1.92 bits per heavy atom. The summed E-state index contributed by atoms with van der Waals surface area (Å²) in [7, 11) is 0. The Morgan fingerprint density at radius 3 is 2.38 bits per heavy atom. The average Bonchev–Trinajstić information content (AvgIpc) is 2.08. The fourth-order valence-corrected chi connectivity index (χ4v) is 1.26. The van der Waals surface area contributed by atoms with E-state index < -0.39 is 0 Å². The highest BCUT2D eigenvalue weighted by Crippen LogP contribution is 2.20. The molecule has 0 aromatic heterocycles. The normalized spacial score (nSPS) is 13.4. The first-order chi connectivity index (χ1) is 6.02. The monoisotopic (exact) mass is 181 g/mol. The molecule has 2 N–H and O–H groups in total. The SMILES string of the molecule is Cc1cc([C@H](N)C(C)C)ccc1F. The minimum Gasteiger partial charge on any atom is -0.324 e. The predicted octanol–water partition coefficient (Wildman–Crippen LogP) is 2.79. The quantitative estimate of drug-likeness (QED) is 0.746. The largest absolute Gasteiger partial charge is 0.324 e. The molecule has 0 amide bonds. The van der Waals surface area contributed by atoms with Crippen LogP contribution in [0, 0.1) is 18.7 Å². The number of aryl methyl sites for hydroxylation is 1. The van der Waals surface area contributed by atoms with E-state index in [1.165, 1.54) is 6.07 Å². The van der Waals surface area contributed by atoms with Gasteiger partial charge in [0.05, 0.1) is 0 Å². The standard InChI is InChI=1S/C11H16FN/c1-7(2)11(13)9-4-5-10(12)8(3)6-9/h4-7,11H,13H2,1-3H3/t11-/m1/s1. The highest BCUT2D eigenvalue weighted by atomic mass is 19.1. The van der Waals surface area contributed by atoms with Gasteiger partial charge in [0, 0.05) is 6.04 Å². The van der Waals surface area contributed by atoms with E-state index >= 15 is 0 Å². The third-order valence-electron chi connectivity index (χ3n) is 2.29. The van der Waals surface area contributed by atoms with Crippen LogP contribution < -0.4 is 5.73 Å². The highest BCUT2D eigenvalue weighted by Gasteiger charge is 2.10. The van der Waals surface area contributed by atoms with Crippen LogP contribution in [0.1, 0.15) is 31.0 Å². The van der Waals surface area contributed by atoms with E-state index in [0.717, 1.165) is 5.56 Å². The van der Waals surface area contributed by atoms with Crippen molar-refractivity contribution in [2.45, 2.75) is 26.8 Å². The van der Waals surface area contributed by atoms with Gasteiger partial charge in [-0.05, 0) is 30.0 Å². The Balaban J connectivity index is 2.97. The van der Waals surface area contributed by atoms with Crippen LogP contribution >= 0.6 is 0 Å². The molecule has 0 aliphatic rings. The zero-order valence-corrected chi connectivity index (χ0v) is 8.34. The first-order valence-corrected chi connectivity index (χ1v) is 4.54. The second-order valence-corrected chi connectivity index (χ2v) is 3.78. The number of nitrogens with two attached hydrogens (primary N) is 1. The van der Waals surface area contributed by atoms with Crippen molar-refractivity contribution in [3.63, 3.8) is 0 Å². The molecule has 1 rings (SSSR count). The summed E-state index contributed by atoms with van der Waals surface area (Å²) in [6.07, 6.45) is 0. The Kier molecular flexibility index (Phi) is 3.04. The first-order valence-electron chi connectivity index (χ1n) is 4.54. The molecule has 0 saturated heterocycles. The first kappa shape index (κ1) is 10.2. The lowest BCUT2D eigenvalue weighted by Crippen LogP contribution is -2.16. The Bertz CT molecular complexity index is 294. The number of rotatable bonds is 2. The summed E-state index contributed by atoms with van der Waals surface area (Å²) in [6.45, 7) is 5.87. The third-order valence-corrected chi connectivity index (χ3v) is 2.29. The van der Waals surface area contributed by atoms with Crippen molar-refractivity contribution in [3.05, 3.63) is 35.1 Å². The number of halogens is 1. The minimum atomic E-state index is -0.167. The molecule has 0 bridgehead atoms. The molecule has 0 saturated carbocycles. The summed E-state index contributed by atoms with van der Waals surface area (Å²) in [5.41, 5.74) is 7.60. The van der Waals surface area contributed by atoms with Crippen molar-refractivity contribution in [3.8, 4) is 0 Å². The summed E-state index contributed by atoms with van der Waals surface area (Å²) in [6, 6.07) is 5.05. The van der Waals surface area contributed by atoms with Gasteiger partial charge in [-0.25, -0.2) is 4.39 Å². The van der Waals surface area contributed by atoms with Crippen molar-refractivity contribution in [2.75, 3.05) is 0 Å². The molecule has 13 heavy (non-hydrogen) atoms. The zero-order chi connectivity index (χ0) is 10.0. The molecule has 1 nitrogen and oxygen atoms in total. The van der Waals surface area contributed by atoms with Crippen LogP contribution in [0.3, 0.4) is 0 Å². The maximum atomic E-state index is 12.9. The lowest BCUT2D eigenvalue weighted by molar-refractivity contribution is 0.512. The Labute approximate surface area is 78.8 Å². The molecule has 1 aromatic carbocycles. The van der Waals surface area contributed by atoms with E-state index in [9.17, 15) is 4.39 Å². The van der Waals surface area contributed by atoms with Crippen molar-refractivity contribution < 1.29 is 4.39 Å². The van der Waals surface area contributed by atoms with Crippen LogP contribution in [0.2, 0.25) is 0 Å².